The Bertz CT molecular complexity index is 534. The summed E-state index contributed by atoms with van der Waals surface area (Å²) in [5, 5.41) is 0. The molecule has 1 heterocycles. The van der Waals surface area contributed by atoms with E-state index >= 15 is 0 Å². The molecule has 0 aliphatic heterocycles. The summed E-state index contributed by atoms with van der Waals surface area (Å²) in [4.78, 5) is 4.23. The molecule has 2 aromatic rings. The zero-order valence-electron chi connectivity index (χ0n) is 11.1. The summed E-state index contributed by atoms with van der Waals surface area (Å²) in [5.74, 6) is 1.17. The average Bonchev–Trinajstić information content (AvgIpc) is 2.86. The first-order chi connectivity index (χ1) is 8.67. The van der Waals surface area contributed by atoms with Gasteiger partial charge in [-0.15, -0.1) is 0 Å². The lowest BCUT2D eigenvalue weighted by Gasteiger charge is -2.14. The topological polar surface area (TPSA) is 53.1 Å². The van der Waals surface area contributed by atoms with Crippen LogP contribution in [0.4, 0.5) is 5.69 Å². The third kappa shape index (κ3) is 2.18. The molecule has 0 radical (unpaired) electrons. The predicted molar refractivity (Wildman–Crippen MR) is 73.2 cm³/mol. The molecule has 18 heavy (non-hydrogen) atoms. The van der Waals surface area contributed by atoms with Crippen LogP contribution in [-0.4, -0.2) is 16.7 Å². The molecule has 1 aromatic heterocycles. The largest absolute Gasteiger partial charge is 0.495 e. The van der Waals surface area contributed by atoms with Crippen molar-refractivity contribution in [3.8, 4) is 11.4 Å². The minimum atomic E-state index is 0.468. The molecule has 0 bridgehead atoms. The zero-order valence-corrected chi connectivity index (χ0v) is 11.1. The number of nitrogens with two attached hydrogens (primary N) is 1. The van der Waals surface area contributed by atoms with Crippen LogP contribution >= 0.6 is 0 Å². The van der Waals surface area contributed by atoms with Crippen LogP contribution in [-0.2, 0) is 0 Å². The third-order valence-corrected chi connectivity index (χ3v) is 3.28. The molecule has 0 saturated heterocycles. The summed E-state index contributed by atoms with van der Waals surface area (Å²) in [6.07, 6.45) is 4.81. The van der Waals surface area contributed by atoms with Gasteiger partial charge < -0.3 is 15.0 Å². The number of nitrogen functional groups attached to an aromatic ring is 1. The predicted octanol–water partition coefficient (Wildman–Crippen LogP) is 2.98. The van der Waals surface area contributed by atoms with E-state index in [0.717, 1.165) is 12.1 Å². The number of imidazole rings is 1. The number of hydrogen-bond acceptors (Lipinski definition) is 3. The molecule has 0 fully saturated rings. The monoisotopic (exact) mass is 245 g/mol. The van der Waals surface area contributed by atoms with Gasteiger partial charge in [0.25, 0.3) is 0 Å². The van der Waals surface area contributed by atoms with Crippen LogP contribution in [0.25, 0.3) is 5.69 Å². The van der Waals surface area contributed by atoms with Crippen LogP contribution in [0.1, 0.15) is 31.9 Å². The van der Waals surface area contributed by atoms with Gasteiger partial charge in [-0.2, -0.15) is 0 Å². The molecular formula is C14H19N3O. The Kier molecular flexibility index (Phi) is 3.55. The first-order valence-electron chi connectivity index (χ1n) is 6.13. The Balaban J connectivity index is 2.43. The van der Waals surface area contributed by atoms with E-state index in [4.69, 9.17) is 10.5 Å². The highest BCUT2D eigenvalue weighted by molar-refractivity contribution is 5.58. The molecule has 0 amide bonds. The van der Waals surface area contributed by atoms with Crippen molar-refractivity contribution < 1.29 is 4.74 Å². The molecule has 96 valence electrons. The lowest BCUT2D eigenvalue weighted by Crippen LogP contribution is -2.03. The van der Waals surface area contributed by atoms with Gasteiger partial charge in [0.05, 0.1) is 19.1 Å². The Morgan fingerprint density at radius 3 is 2.83 bits per heavy atom. The number of ether oxygens (including phenoxy) is 1. The number of aromatic nitrogens is 2. The summed E-state index contributed by atoms with van der Waals surface area (Å²) in [5.41, 5.74) is 8.79. The van der Waals surface area contributed by atoms with Crippen LogP contribution < -0.4 is 10.5 Å². The summed E-state index contributed by atoms with van der Waals surface area (Å²) in [6.45, 7) is 4.37. The Hall–Kier alpha value is -1.97. The molecule has 4 heteroatoms. The normalized spacial score (nSPS) is 12.4. The van der Waals surface area contributed by atoms with Crippen LogP contribution in [0.15, 0.2) is 30.7 Å². The molecule has 1 aromatic carbocycles. The van der Waals surface area contributed by atoms with E-state index in [-0.39, 0.29) is 0 Å². The van der Waals surface area contributed by atoms with Gasteiger partial charge in [-0.1, -0.05) is 13.8 Å². The number of methoxy groups -OCH3 is 1. The maximum Gasteiger partial charge on any atom is 0.141 e. The first-order valence-corrected chi connectivity index (χ1v) is 6.13. The van der Waals surface area contributed by atoms with E-state index in [1.807, 2.05) is 30.7 Å². The van der Waals surface area contributed by atoms with E-state index in [2.05, 4.69) is 23.4 Å². The number of nitrogens with zero attached hydrogens (tertiary/aromatic N) is 2. The van der Waals surface area contributed by atoms with Gasteiger partial charge >= 0.3 is 0 Å². The van der Waals surface area contributed by atoms with Gasteiger partial charge in [-0.05, 0) is 30.5 Å². The fourth-order valence-electron chi connectivity index (χ4n) is 1.97. The Morgan fingerprint density at radius 1 is 1.44 bits per heavy atom. The Morgan fingerprint density at radius 2 is 2.22 bits per heavy atom. The number of anilines is 1. The molecular weight excluding hydrogens is 226 g/mol. The van der Waals surface area contributed by atoms with E-state index in [1.165, 1.54) is 5.69 Å². The smallest absolute Gasteiger partial charge is 0.141 e. The first kappa shape index (κ1) is 12.5. The van der Waals surface area contributed by atoms with Crippen LogP contribution in [0.5, 0.6) is 5.75 Å². The second-order valence-corrected chi connectivity index (χ2v) is 4.42. The minimum absolute atomic E-state index is 0.468. The van der Waals surface area contributed by atoms with Crippen molar-refractivity contribution in [2.75, 3.05) is 12.8 Å². The summed E-state index contributed by atoms with van der Waals surface area (Å²) in [7, 11) is 1.62. The van der Waals surface area contributed by atoms with Crippen LogP contribution in [0, 0.1) is 0 Å². The summed E-state index contributed by atoms with van der Waals surface area (Å²) >= 11 is 0. The lowest BCUT2D eigenvalue weighted by atomic mass is 10.1. The van der Waals surface area contributed by atoms with E-state index in [1.54, 1.807) is 7.11 Å². The second-order valence-electron chi connectivity index (χ2n) is 4.42. The summed E-state index contributed by atoms with van der Waals surface area (Å²) < 4.78 is 7.24. The van der Waals surface area contributed by atoms with E-state index in [9.17, 15) is 0 Å². The van der Waals surface area contributed by atoms with Gasteiger partial charge in [0.2, 0.25) is 0 Å². The quantitative estimate of drug-likeness (QED) is 0.842. The van der Waals surface area contributed by atoms with E-state index < -0.39 is 0 Å². The molecule has 0 spiro atoms. The van der Waals surface area contributed by atoms with Gasteiger partial charge in [0, 0.05) is 17.6 Å². The molecule has 0 aliphatic rings. The zero-order chi connectivity index (χ0) is 13.1. The third-order valence-electron chi connectivity index (χ3n) is 3.28. The maximum absolute atomic E-state index is 5.94. The van der Waals surface area contributed by atoms with Crippen molar-refractivity contribution >= 4 is 5.69 Å². The van der Waals surface area contributed by atoms with E-state index in [0.29, 0.717) is 17.4 Å². The molecule has 2 N–H and O–H groups in total. The van der Waals surface area contributed by atoms with Gasteiger partial charge in [-0.3, -0.25) is 0 Å². The number of hydrogen-bond donors (Lipinski definition) is 1. The molecule has 4 nitrogen and oxygen atoms in total. The van der Waals surface area contributed by atoms with Crippen LogP contribution in [0.2, 0.25) is 0 Å². The summed E-state index contributed by atoms with van der Waals surface area (Å²) in [6, 6.07) is 5.78. The minimum Gasteiger partial charge on any atom is -0.495 e. The van der Waals surface area contributed by atoms with Gasteiger partial charge in [0.15, 0.2) is 0 Å². The Labute approximate surface area is 107 Å². The van der Waals surface area contributed by atoms with Crippen molar-refractivity contribution in [3.05, 3.63) is 36.4 Å². The molecule has 0 aliphatic carbocycles. The fraction of sp³-hybridized carbons (Fsp3) is 0.357. The van der Waals surface area contributed by atoms with Crippen molar-refractivity contribution in [2.45, 2.75) is 26.2 Å². The highest BCUT2D eigenvalue weighted by atomic mass is 16.5. The second kappa shape index (κ2) is 5.12. The number of rotatable bonds is 4. The lowest BCUT2D eigenvalue weighted by molar-refractivity contribution is 0.417. The standard InChI is InChI=1S/C14H19N3O/c1-4-10(2)13-8-16-9-17(13)11-5-6-14(18-3)12(15)7-11/h5-10H,4,15H2,1-3H3. The van der Waals surface area contributed by atoms with Crippen LogP contribution in [0.3, 0.4) is 0 Å². The highest BCUT2D eigenvalue weighted by Crippen LogP contribution is 2.27. The highest BCUT2D eigenvalue weighted by Gasteiger charge is 2.11. The molecule has 1 atom stereocenters. The molecule has 1 unspecified atom stereocenters. The fourth-order valence-corrected chi connectivity index (χ4v) is 1.97. The van der Waals surface area contributed by atoms with Crippen molar-refractivity contribution in [1.82, 2.24) is 9.55 Å². The molecule has 0 saturated carbocycles. The SMILES string of the molecule is CCC(C)c1cncn1-c1ccc(OC)c(N)c1. The van der Waals surface area contributed by atoms with Crippen molar-refractivity contribution in [1.29, 1.82) is 0 Å². The van der Waals surface area contributed by atoms with Gasteiger partial charge in [0.1, 0.15) is 5.75 Å². The maximum atomic E-state index is 5.94. The molecule has 2 rings (SSSR count). The average molecular weight is 245 g/mol. The van der Waals surface area contributed by atoms with Crippen molar-refractivity contribution in [3.63, 3.8) is 0 Å². The van der Waals surface area contributed by atoms with Gasteiger partial charge in [-0.25, -0.2) is 4.98 Å². The van der Waals surface area contributed by atoms with Crippen molar-refractivity contribution in [2.24, 2.45) is 0 Å². The number of benzene rings is 1.